The van der Waals surface area contributed by atoms with Crippen LogP contribution in [0.5, 0.6) is 0 Å². The highest BCUT2D eigenvalue weighted by molar-refractivity contribution is 9.11. The van der Waals surface area contributed by atoms with Crippen LogP contribution in [0.2, 0.25) is 0 Å². The van der Waals surface area contributed by atoms with Gasteiger partial charge in [0.15, 0.2) is 11.6 Å². The molecule has 26 heavy (non-hydrogen) atoms. The van der Waals surface area contributed by atoms with Gasteiger partial charge in [-0.2, -0.15) is 0 Å². The molecule has 4 aromatic rings. The van der Waals surface area contributed by atoms with E-state index in [4.69, 9.17) is 0 Å². The van der Waals surface area contributed by atoms with Crippen LogP contribution in [0.25, 0.3) is 33.9 Å². The summed E-state index contributed by atoms with van der Waals surface area (Å²) >= 11 is 7.01. The molecule has 0 atom stereocenters. The van der Waals surface area contributed by atoms with Gasteiger partial charge in [0, 0.05) is 20.1 Å². The van der Waals surface area contributed by atoms with Crippen molar-refractivity contribution in [3.8, 4) is 33.9 Å². The Hall–Kier alpha value is -2.37. The Morgan fingerprint density at radius 1 is 0.538 bits per heavy atom. The van der Waals surface area contributed by atoms with Gasteiger partial charge in [0.2, 0.25) is 0 Å². The summed E-state index contributed by atoms with van der Waals surface area (Å²) in [5.41, 5.74) is 4.24. The van der Waals surface area contributed by atoms with E-state index in [2.05, 4.69) is 71.1 Å². The molecule has 0 aliphatic rings. The zero-order chi connectivity index (χ0) is 17.9. The number of aromatic nitrogens is 3. The fraction of sp³-hybridized carbons (Fsp3) is 0. The summed E-state index contributed by atoms with van der Waals surface area (Å²) in [7, 11) is 0. The second kappa shape index (κ2) is 7.48. The zero-order valence-electron chi connectivity index (χ0n) is 13.6. The topological polar surface area (TPSA) is 38.7 Å². The second-order valence-corrected chi connectivity index (χ2v) is 7.57. The number of hydrogen-bond acceptors (Lipinski definition) is 3. The summed E-state index contributed by atoms with van der Waals surface area (Å²) in [5, 5.41) is 0. The minimum atomic E-state index is 0.643. The monoisotopic (exact) mass is 465 g/mol. The van der Waals surface area contributed by atoms with Crippen molar-refractivity contribution >= 4 is 31.9 Å². The number of nitrogens with zero attached hydrogens (tertiary/aromatic N) is 3. The average Bonchev–Trinajstić information content (AvgIpc) is 2.68. The van der Waals surface area contributed by atoms with E-state index < -0.39 is 0 Å². The highest BCUT2D eigenvalue weighted by Crippen LogP contribution is 2.27. The van der Waals surface area contributed by atoms with E-state index in [1.807, 2.05) is 48.5 Å². The van der Waals surface area contributed by atoms with E-state index in [1.165, 1.54) is 11.1 Å². The van der Waals surface area contributed by atoms with E-state index in [1.54, 1.807) is 6.33 Å². The maximum atomic E-state index is 4.63. The van der Waals surface area contributed by atoms with E-state index >= 15 is 0 Å². The molecule has 0 radical (unpaired) electrons. The summed E-state index contributed by atoms with van der Waals surface area (Å²) in [6, 6.07) is 24.5. The fourth-order valence-electron chi connectivity index (χ4n) is 2.70. The fourth-order valence-corrected chi connectivity index (χ4v) is 3.99. The van der Waals surface area contributed by atoms with Crippen molar-refractivity contribution in [1.29, 1.82) is 0 Å². The third-order valence-corrected chi connectivity index (χ3v) is 4.86. The van der Waals surface area contributed by atoms with Crippen LogP contribution in [-0.4, -0.2) is 15.0 Å². The van der Waals surface area contributed by atoms with Crippen molar-refractivity contribution in [1.82, 2.24) is 15.0 Å². The predicted octanol–water partition coefficient (Wildman–Crippen LogP) is 6.40. The summed E-state index contributed by atoms with van der Waals surface area (Å²) in [5.74, 6) is 1.30. The lowest BCUT2D eigenvalue weighted by Crippen LogP contribution is -1.95. The minimum Gasteiger partial charge on any atom is -0.217 e. The normalized spacial score (nSPS) is 10.7. The SMILES string of the molecule is Brc1cc(Br)cc(-c2ncnc(-c3ccc(-c4ccccc4)cc3)n2)c1. The number of rotatable bonds is 3. The smallest absolute Gasteiger partial charge is 0.163 e. The molecule has 1 aromatic heterocycles. The molecule has 0 spiro atoms. The lowest BCUT2D eigenvalue weighted by Gasteiger charge is -2.06. The van der Waals surface area contributed by atoms with Crippen LogP contribution in [0.4, 0.5) is 0 Å². The number of benzene rings is 3. The molecule has 0 saturated heterocycles. The molecule has 126 valence electrons. The summed E-state index contributed by atoms with van der Waals surface area (Å²) < 4.78 is 1.94. The van der Waals surface area contributed by atoms with Crippen LogP contribution in [-0.2, 0) is 0 Å². The minimum absolute atomic E-state index is 0.643. The lowest BCUT2D eigenvalue weighted by molar-refractivity contribution is 1.06. The molecular weight excluding hydrogens is 454 g/mol. The van der Waals surface area contributed by atoms with Crippen LogP contribution in [0.1, 0.15) is 0 Å². The average molecular weight is 467 g/mol. The Balaban J connectivity index is 1.68. The molecule has 4 rings (SSSR count). The summed E-state index contributed by atoms with van der Waals surface area (Å²) in [6.45, 7) is 0. The first-order valence-corrected chi connectivity index (χ1v) is 9.59. The molecular formula is C21H13Br2N3. The van der Waals surface area contributed by atoms with Crippen LogP contribution >= 0.6 is 31.9 Å². The van der Waals surface area contributed by atoms with Crippen molar-refractivity contribution in [3.63, 3.8) is 0 Å². The van der Waals surface area contributed by atoms with Crippen LogP contribution in [0, 0.1) is 0 Å². The van der Waals surface area contributed by atoms with Gasteiger partial charge < -0.3 is 0 Å². The van der Waals surface area contributed by atoms with Gasteiger partial charge in [0.25, 0.3) is 0 Å². The van der Waals surface area contributed by atoms with Crippen LogP contribution in [0.15, 0.2) is 88.1 Å². The third-order valence-electron chi connectivity index (χ3n) is 3.94. The molecule has 3 nitrogen and oxygen atoms in total. The molecule has 1 heterocycles. The third kappa shape index (κ3) is 3.74. The van der Waals surface area contributed by atoms with Gasteiger partial charge in [-0.05, 0) is 29.3 Å². The summed E-state index contributed by atoms with van der Waals surface area (Å²) in [6.07, 6.45) is 1.55. The van der Waals surface area contributed by atoms with Crippen LogP contribution < -0.4 is 0 Å². The molecule has 0 bridgehead atoms. The van der Waals surface area contributed by atoms with Crippen molar-refractivity contribution in [2.24, 2.45) is 0 Å². The molecule has 0 aliphatic carbocycles. The molecule has 3 aromatic carbocycles. The zero-order valence-corrected chi connectivity index (χ0v) is 16.8. The molecule has 0 N–H and O–H groups in total. The first-order valence-electron chi connectivity index (χ1n) is 8.00. The Bertz CT molecular complexity index is 1030. The van der Waals surface area contributed by atoms with Gasteiger partial charge >= 0.3 is 0 Å². The first-order chi connectivity index (χ1) is 12.7. The van der Waals surface area contributed by atoms with Gasteiger partial charge in [-0.1, -0.05) is 86.5 Å². The van der Waals surface area contributed by atoms with E-state index in [0.717, 1.165) is 20.1 Å². The quantitative estimate of drug-likeness (QED) is 0.350. The lowest BCUT2D eigenvalue weighted by atomic mass is 10.0. The molecule has 0 fully saturated rings. The van der Waals surface area contributed by atoms with Crippen molar-refractivity contribution in [2.75, 3.05) is 0 Å². The van der Waals surface area contributed by atoms with Crippen molar-refractivity contribution < 1.29 is 0 Å². The maximum Gasteiger partial charge on any atom is 0.163 e. The Kier molecular flexibility index (Phi) is 4.91. The molecule has 5 heteroatoms. The van der Waals surface area contributed by atoms with Gasteiger partial charge in [-0.3, -0.25) is 0 Å². The van der Waals surface area contributed by atoms with Gasteiger partial charge in [0.05, 0.1) is 0 Å². The van der Waals surface area contributed by atoms with Gasteiger partial charge in [-0.25, -0.2) is 15.0 Å². The molecule has 0 amide bonds. The molecule has 0 unspecified atom stereocenters. The highest BCUT2D eigenvalue weighted by Gasteiger charge is 2.08. The van der Waals surface area contributed by atoms with Gasteiger partial charge in [-0.15, -0.1) is 0 Å². The number of halogens is 2. The Morgan fingerprint density at radius 3 is 1.73 bits per heavy atom. The Morgan fingerprint density at radius 2 is 1.08 bits per heavy atom. The molecule has 0 aliphatic heterocycles. The van der Waals surface area contributed by atoms with E-state index in [0.29, 0.717) is 11.6 Å². The van der Waals surface area contributed by atoms with Crippen molar-refractivity contribution in [2.45, 2.75) is 0 Å². The predicted molar refractivity (Wildman–Crippen MR) is 112 cm³/mol. The standard InChI is InChI=1S/C21H13Br2N3/c22-18-10-17(11-19(23)12-18)21-25-13-24-20(26-21)16-8-6-15(7-9-16)14-4-2-1-3-5-14/h1-13H. The maximum absolute atomic E-state index is 4.63. The van der Waals surface area contributed by atoms with E-state index in [-0.39, 0.29) is 0 Å². The first kappa shape index (κ1) is 17.1. The van der Waals surface area contributed by atoms with Crippen LogP contribution in [0.3, 0.4) is 0 Å². The highest BCUT2D eigenvalue weighted by atomic mass is 79.9. The van der Waals surface area contributed by atoms with Gasteiger partial charge in [0.1, 0.15) is 6.33 Å². The van der Waals surface area contributed by atoms with E-state index in [9.17, 15) is 0 Å². The largest absolute Gasteiger partial charge is 0.217 e. The summed E-state index contributed by atoms with van der Waals surface area (Å²) in [4.78, 5) is 13.3. The Labute approximate surface area is 168 Å². The van der Waals surface area contributed by atoms with Crippen molar-refractivity contribution in [3.05, 3.63) is 88.1 Å². The molecule has 0 saturated carbocycles. The second-order valence-electron chi connectivity index (χ2n) is 5.73. The number of hydrogen-bond donors (Lipinski definition) is 0.